The van der Waals surface area contributed by atoms with Crippen molar-refractivity contribution in [2.24, 2.45) is 5.73 Å². The molecule has 0 fully saturated rings. The van der Waals surface area contributed by atoms with Crippen molar-refractivity contribution in [3.05, 3.63) is 41.6 Å². The molecule has 0 bridgehead atoms. The number of hydrogen-bond donors (Lipinski definition) is 2. The third-order valence-corrected chi connectivity index (χ3v) is 2.24. The number of nitrogens with two attached hydrogens (primary N) is 1. The summed E-state index contributed by atoms with van der Waals surface area (Å²) in [5.74, 6) is 0. The van der Waals surface area contributed by atoms with Crippen LogP contribution in [0.4, 0.5) is 0 Å². The number of aromatic amines is 1. The van der Waals surface area contributed by atoms with Gasteiger partial charge in [-0.25, -0.2) is 0 Å². The molecule has 1 heterocycles. The molecule has 74 valence electrons. The highest BCUT2D eigenvalue weighted by atomic mass is 15.1. The summed E-state index contributed by atoms with van der Waals surface area (Å²) >= 11 is 0. The fourth-order valence-corrected chi connectivity index (χ4v) is 1.43. The summed E-state index contributed by atoms with van der Waals surface area (Å²) < 4.78 is 0. The van der Waals surface area contributed by atoms with Gasteiger partial charge in [-0.1, -0.05) is 12.1 Å². The molecule has 0 saturated heterocycles. The molecule has 1 aromatic carbocycles. The maximum Gasteiger partial charge on any atom is 0.0991 e. The molecule has 0 amide bonds. The van der Waals surface area contributed by atoms with Gasteiger partial charge < -0.3 is 5.73 Å². The average molecular weight is 198 g/mol. The highest BCUT2D eigenvalue weighted by Gasteiger charge is 2.05. The number of nitrogens with zero attached hydrogens (tertiary/aromatic N) is 2. The molecule has 0 saturated carbocycles. The maximum atomic E-state index is 8.67. The van der Waals surface area contributed by atoms with Gasteiger partial charge in [0.25, 0.3) is 0 Å². The van der Waals surface area contributed by atoms with E-state index in [4.69, 9.17) is 11.0 Å². The second-order valence-electron chi connectivity index (χ2n) is 3.16. The Hall–Kier alpha value is -2.12. The summed E-state index contributed by atoms with van der Waals surface area (Å²) in [6.07, 6.45) is 1.72. The molecule has 3 N–H and O–H groups in total. The molecular formula is C11H10N4. The zero-order valence-corrected chi connectivity index (χ0v) is 8.07. The molecule has 0 spiro atoms. The van der Waals surface area contributed by atoms with Gasteiger partial charge in [-0.2, -0.15) is 10.4 Å². The Labute approximate surface area is 87.3 Å². The van der Waals surface area contributed by atoms with Gasteiger partial charge in [-0.15, -0.1) is 0 Å². The standard InChI is InChI=1S/C11H10N4/c12-5-8-1-3-9(4-2-8)11-10(6-13)7-14-15-11/h1-4,7H,6,13H2,(H,14,15). The van der Waals surface area contributed by atoms with Crippen LogP contribution in [0.3, 0.4) is 0 Å². The van der Waals surface area contributed by atoms with Gasteiger partial charge in [0.15, 0.2) is 0 Å². The number of rotatable bonds is 2. The predicted molar refractivity (Wildman–Crippen MR) is 56.6 cm³/mol. The number of nitriles is 1. The van der Waals surface area contributed by atoms with E-state index < -0.39 is 0 Å². The Kier molecular flexibility index (Phi) is 2.48. The molecule has 0 aliphatic rings. The first-order valence-electron chi connectivity index (χ1n) is 4.58. The minimum atomic E-state index is 0.450. The first kappa shape index (κ1) is 9.44. The van der Waals surface area contributed by atoms with Gasteiger partial charge in [-0.3, -0.25) is 5.10 Å². The van der Waals surface area contributed by atoms with Crippen LogP contribution in [0.25, 0.3) is 11.3 Å². The normalized spacial score (nSPS) is 9.87. The van der Waals surface area contributed by atoms with E-state index in [2.05, 4.69) is 16.3 Å². The van der Waals surface area contributed by atoms with E-state index in [1.165, 1.54) is 0 Å². The maximum absolute atomic E-state index is 8.67. The lowest BCUT2D eigenvalue weighted by Crippen LogP contribution is -1.96. The SMILES string of the molecule is N#Cc1ccc(-c2[nH]ncc2CN)cc1. The summed E-state index contributed by atoms with van der Waals surface area (Å²) in [4.78, 5) is 0. The van der Waals surface area contributed by atoms with Crippen LogP contribution in [0.5, 0.6) is 0 Å². The Bertz CT molecular complexity index is 490. The quantitative estimate of drug-likeness (QED) is 0.765. The van der Waals surface area contributed by atoms with E-state index in [-0.39, 0.29) is 0 Å². The molecule has 0 aliphatic heterocycles. The van der Waals surface area contributed by atoms with E-state index >= 15 is 0 Å². The van der Waals surface area contributed by atoms with Crippen LogP contribution in [-0.2, 0) is 6.54 Å². The third-order valence-electron chi connectivity index (χ3n) is 2.24. The molecule has 2 rings (SSSR count). The Balaban J connectivity index is 2.42. The number of benzene rings is 1. The fraction of sp³-hybridized carbons (Fsp3) is 0.0909. The summed E-state index contributed by atoms with van der Waals surface area (Å²) in [7, 11) is 0. The van der Waals surface area contributed by atoms with Crippen molar-refractivity contribution in [3.8, 4) is 17.3 Å². The number of H-pyrrole nitrogens is 1. The molecule has 1 aromatic heterocycles. The largest absolute Gasteiger partial charge is 0.326 e. The van der Waals surface area contributed by atoms with E-state index in [1.54, 1.807) is 18.3 Å². The van der Waals surface area contributed by atoms with Gasteiger partial charge in [0.2, 0.25) is 0 Å². The summed E-state index contributed by atoms with van der Waals surface area (Å²) in [6, 6.07) is 9.39. The van der Waals surface area contributed by atoms with Crippen LogP contribution in [-0.4, -0.2) is 10.2 Å². The number of aromatic nitrogens is 2. The minimum absolute atomic E-state index is 0.450. The van der Waals surface area contributed by atoms with E-state index in [9.17, 15) is 0 Å². The zero-order chi connectivity index (χ0) is 10.7. The highest BCUT2D eigenvalue weighted by molar-refractivity contribution is 5.63. The molecule has 0 unspecified atom stereocenters. The van der Waals surface area contributed by atoms with Crippen molar-refractivity contribution in [1.29, 1.82) is 5.26 Å². The summed E-state index contributed by atoms with van der Waals surface area (Å²) in [6.45, 7) is 0.450. The van der Waals surface area contributed by atoms with Crippen molar-refractivity contribution < 1.29 is 0 Å². The van der Waals surface area contributed by atoms with Crippen LogP contribution in [0.1, 0.15) is 11.1 Å². The highest BCUT2D eigenvalue weighted by Crippen LogP contribution is 2.20. The van der Waals surface area contributed by atoms with Gasteiger partial charge in [0.1, 0.15) is 0 Å². The van der Waals surface area contributed by atoms with E-state index in [1.807, 2.05) is 12.1 Å². The fourth-order valence-electron chi connectivity index (χ4n) is 1.43. The van der Waals surface area contributed by atoms with Gasteiger partial charge in [0.05, 0.1) is 23.5 Å². The lowest BCUT2D eigenvalue weighted by Gasteiger charge is -2.00. The second kappa shape index (κ2) is 3.95. The summed E-state index contributed by atoms with van der Waals surface area (Å²) in [5.41, 5.74) is 9.11. The van der Waals surface area contributed by atoms with Crippen LogP contribution in [0.2, 0.25) is 0 Å². The minimum Gasteiger partial charge on any atom is -0.326 e. The van der Waals surface area contributed by atoms with Crippen LogP contribution in [0, 0.1) is 11.3 Å². The molecule has 4 nitrogen and oxygen atoms in total. The Morgan fingerprint density at radius 1 is 1.33 bits per heavy atom. The van der Waals surface area contributed by atoms with Gasteiger partial charge in [0, 0.05) is 12.1 Å². The topological polar surface area (TPSA) is 78.5 Å². The van der Waals surface area contributed by atoms with Gasteiger partial charge in [-0.05, 0) is 17.7 Å². The molecule has 2 aromatic rings. The first-order chi connectivity index (χ1) is 7.35. The van der Waals surface area contributed by atoms with Crippen LogP contribution >= 0.6 is 0 Å². The number of nitrogens with one attached hydrogen (secondary N) is 1. The zero-order valence-electron chi connectivity index (χ0n) is 8.07. The number of hydrogen-bond acceptors (Lipinski definition) is 3. The first-order valence-corrected chi connectivity index (χ1v) is 4.58. The third kappa shape index (κ3) is 1.73. The predicted octanol–water partition coefficient (Wildman–Crippen LogP) is 1.41. The lowest BCUT2D eigenvalue weighted by atomic mass is 10.1. The van der Waals surface area contributed by atoms with Crippen molar-refractivity contribution in [1.82, 2.24) is 10.2 Å². The lowest BCUT2D eigenvalue weighted by molar-refractivity contribution is 1.08. The molecule has 0 aliphatic carbocycles. The van der Waals surface area contributed by atoms with Crippen LogP contribution in [0.15, 0.2) is 30.5 Å². The van der Waals surface area contributed by atoms with Crippen molar-refractivity contribution in [3.63, 3.8) is 0 Å². The molecule has 0 radical (unpaired) electrons. The molecule has 4 heteroatoms. The smallest absolute Gasteiger partial charge is 0.0991 e. The molecular weight excluding hydrogens is 188 g/mol. The van der Waals surface area contributed by atoms with Gasteiger partial charge >= 0.3 is 0 Å². The molecule has 0 atom stereocenters. The Morgan fingerprint density at radius 3 is 2.67 bits per heavy atom. The monoisotopic (exact) mass is 198 g/mol. The summed E-state index contributed by atoms with van der Waals surface area (Å²) in [5, 5.41) is 15.5. The van der Waals surface area contributed by atoms with Crippen molar-refractivity contribution in [2.75, 3.05) is 0 Å². The Morgan fingerprint density at radius 2 is 2.07 bits per heavy atom. The van der Waals surface area contributed by atoms with E-state index in [0.29, 0.717) is 12.1 Å². The average Bonchev–Trinajstić information content (AvgIpc) is 2.77. The van der Waals surface area contributed by atoms with Crippen molar-refractivity contribution >= 4 is 0 Å². The van der Waals surface area contributed by atoms with Crippen LogP contribution < -0.4 is 5.73 Å². The second-order valence-corrected chi connectivity index (χ2v) is 3.16. The molecule has 15 heavy (non-hydrogen) atoms. The van der Waals surface area contributed by atoms with Crippen molar-refractivity contribution in [2.45, 2.75) is 6.54 Å². The van der Waals surface area contributed by atoms with E-state index in [0.717, 1.165) is 16.8 Å².